The van der Waals surface area contributed by atoms with Gasteiger partial charge < -0.3 is 10.1 Å². The van der Waals surface area contributed by atoms with Gasteiger partial charge in [-0.05, 0) is 43.5 Å². The average molecular weight is 290 g/mol. The first kappa shape index (κ1) is 15.6. The smallest absolute Gasteiger partial charge is 0.119 e. The third-order valence-electron chi connectivity index (χ3n) is 3.23. The molecule has 1 heterocycles. The van der Waals surface area contributed by atoms with Gasteiger partial charge in [0, 0.05) is 11.9 Å². The van der Waals surface area contributed by atoms with E-state index < -0.39 is 0 Å². The minimum atomic E-state index is 0. The maximum atomic E-state index is 5.74. The fourth-order valence-corrected chi connectivity index (χ4v) is 2.34. The van der Waals surface area contributed by atoms with Gasteiger partial charge in [0.15, 0.2) is 0 Å². The second-order valence-corrected chi connectivity index (χ2v) is 4.83. The van der Waals surface area contributed by atoms with Crippen molar-refractivity contribution >= 4 is 24.0 Å². The Morgan fingerprint density at radius 1 is 1.22 bits per heavy atom. The highest BCUT2D eigenvalue weighted by molar-refractivity contribution is 6.17. The summed E-state index contributed by atoms with van der Waals surface area (Å²) >= 11 is 5.74. The molecule has 0 radical (unpaired) electrons. The van der Waals surface area contributed by atoms with Crippen molar-refractivity contribution in [2.75, 3.05) is 13.2 Å². The van der Waals surface area contributed by atoms with Crippen LogP contribution in [-0.2, 0) is 5.88 Å². The molecule has 1 aromatic rings. The zero-order valence-electron chi connectivity index (χ0n) is 10.5. The summed E-state index contributed by atoms with van der Waals surface area (Å²) in [6.07, 6.45) is 5.05. The molecule has 1 aromatic carbocycles. The molecular weight excluding hydrogens is 269 g/mol. The summed E-state index contributed by atoms with van der Waals surface area (Å²) in [7, 11) is 0. The normalized spacial score (nSPS) is 19.1. The molecule has 0 bridgehead atoms. The van der Waals surface area contributed by atoms with Crippen LogP contribution in [0.25, 0.3) is 0 Å². The van der Waals surface area contributed by atoms with Crippen LogP contribution in [0.15, 0.2) is 24.3 Å². The highest BCUT2D eigenvalue weighted by Crippen LogP contribution is 2.15. The molecule has 2 rings (SSSR count). The molecule has 1 aliphatic rings. The van der Waals surface area contributed by atoms with E-state index in [1.54, 1.807) is 0 Å². The van der Waals surface area contributed by atoms with E-state index in [0.29, 0.717) is 11.9 Å². The van der Waals surface area contributed by atoms with E-state index in [4.69, 9.17) is 16.3 Å². The Hall–Kier alpha value is -0.440. The van der Waals surface area contributed by atoms with Gasteiger partial charge in [0.2, 0.25) is 0 Å². The van der Waals surface area contributed by atoms with Gasteiger partial charge in [0.05, 0.1) is 6.61 Å². The molecule has 0 spiro atoms. The van der Waals surface area contributed by atoms with Gasteiger partial charge in [0.25, 0.3) is 0 Å². The molecule has 0 aliphatic carbocycles. The van der Waals surface area contributed by atoms with Crippen molar-refractivity contribution in [2.24, 2.45) is 0 Å². The average Bonchev–Trinajstić information content (AvgIpc) is 2.41. The fourth-order valence-electron chi connectivity index (χ4n) is 2.16. The quantitative estimate of drug-likeness (QED) is 0.834. The molecule has 4 heteroatoms. The monoisotopic (exact) mass is 289 g/mol. The molecule has 102 valence electrons. The summed E-state index contributed by atoms with van der Waals surface area (Å²) in [5.74, 6) is 1.50. The molecule has 1 aliphatic heterocycles. The zero-order chi connectivity index (χ0) is 11.9. The lowest BCUT2D eigenvalue weighted by molar-refractivity contribution is 0.268. The number of hydrogen-bond acceptors (Lipinski definition) is 2. The Labute approximate surface area is 120 Å². The molecule has 1 atom stereocenters. The summed E-state index contributed by atoms with van der Waals surface area (Å²) in [5, 5.41) is 3.53. The lowest BCUT2D eigenvalue weighted by atomic mass is 10.0. The highest BCUT2D eigenvalue weighted by atomic mass is 35.5. The van der Waals surface area contributed by atoms with E-state index in [-0.39, 0.29) is 12.4 Å². The molecule has 0 saturated carbocycles. The summed E-state index contributed by atoms with van der Waals surface area (Å²) in [5.41, 5.74) is 1.13. The van der Waals surface area contributed by atoms with Crippen molar-refractivity contribution in [2.45, 2.75) is 37.6 Å². The first-order valence-electron chi connectivity index (χ1n) is 6.39. The van der Waals surface area contributed by atoms with E-state index in [2.05, 4.69) is 5.32 Å². The van der Waals surface area contributed by atoms with E-state index in [1.165, 1.54) is 19.3 Å². The number of nitrogens with one attached hydrogen (secondary N) is 1. The van der Waals surface area contributed by atoms with Crippen molar-refractivity contribution < 1.29 is 4.74 Å². The van der Waals surface area contributed by atoms with Crippen molar-refractivity contribution in [1.82, 2.24) is 5.32 Å². The van der Waals surface area contributed by atoms with Crippen molar-refractivity contribution in [3.63, 3.8) is 0 Å². The number of rotatable bonds is 5. The number of ether oxygens (including phenoxy) is 1. The van der Waals surface area contributed by atoms with E-state index in [9.17, 15) is 0 Å². The minimum Gasteiger partial charge on any atom is -0.494 e. The number of benzene rings is 1. The van der Waals surface area contributed by atoms with Crippen molar-refractivity contribution in [3.05, 3.63) is 29.8 Å². The van der Waals surface area contributed by atoms with Gasteiger partial charge in [-0.1, -0.05) is 18.6 Å². The van der Waals surface area contributed by atoms with E-state index in [1.807, 2.05) is 24.3 Å². The predicted octanol–water partition coefficient (Wildman–Crippen LogP) is 3.76. The third kappa shape index (κ3) is 5.05. The Kier molecular flexibility index (Phi) is 7.48. The van der Waals surface area contributed by atoms with E-state index in [0.717, 1.165) is 30.9 Å². The molecule has 2 nitrogen and oxygen atoms in total. The van der Waals surface area contributed by atoms with Gasteiger partial charge in [-0.2, -0.15) is 0 Å². The molecule has 1 N–H and O–H groups in total. The Bertz CT molecular complexity index is 323. The van der Waals surface area contributed by atoms with Crippen molar-refractivity contribution in [1.29, 1.82) is 0 Å². The minimum absolute atomic E-state index is 0. The van der Waals surface area contributed by atoms with E-state index >= 15 is 0 Å². The lowest BCUT2D eigenvalue weighted by Gasteiger charge is -2.23. The van der Waals surface area contributed by atoms with Crippen LogP contribution in [-0.4, -0.2) is 19.2 Å². The Morgan fingerprint density at radius 2 is 2.00 bits per heavy atom. The van der Waals surface area contributed by atoms with Crippen LogP contribution in [0.4, 0.5) is 0 Å². The van der Waals surface area contributed by atoms with Crippen molar-refractivity contribution in [3.8, 4) is 5.75 Å². The number of hydrogen-bond donors (Lipinski definition) is 1. The summed E-state index contributed by atoms with van der Waals surface area (Å²) in [6, 6.07) is 8.66. The third-order valence-corrected chi connectivity index (χ3v) is 3.53. The maximum absolute atomic E-state index is 5.74. The molecule has 18 heavy (non-hydrogen) atoms. The van der Waals surface area contributed by atoms with Crippen LogP contribution in [0.3, 0.4) is 0 Å². The first-order valence-corrected chi connectivity index (χ1v) is 6.93. The first-order chi connectivity index (χ1) is 8.38. The summed E-state index contributed by atoms with van der Waals surface area (Å²) in [4.78, 5) is 0. The number of alkyl halides is 1. The van der Waals surface area contributed by atoms with Crippen LogP contribution in [0, 0.1) is 0 Å². The van der Waals surface area contributed by atoms with Gasteiger partial charge in [-0.25, -0.2) is 0 Å². The highest BCUT2D eigenvalue weighted by Gasteiger charge is 2.11. The summed E-state index contributed by atoms with van der Waals surface area (Å²) in [6.45, 7) is 1.95. The Morgan fingerprint density at radius 3 is 2.61 bits per heavy atom. The van der Waals surface area contributed by atoms with Gasteiger partial charge >= 0.3 is 0 Å². The van der Waals surface area contributed by atoms with Crippen LogP contribution in [0.1, 0.15) is 31.2 Å². The van der Waals surface area contributed by atoms with Crippen LogP contribution in [0.2, 0.25) is 0 Å². The molecule has 1 unspecified atom stereocenters. The van der Waals surface area contributed by atoms with Gasteiger partial charge in [-0.3, -0.25) is 0 Å². The molecule has 0 aromatic heterocycles. The molecule has 1 saturated heterocycles. The van der Waals surface area contributed by atoms with Crippen LogP contribution in [0.5, 0.6) is 5.75 Å². The molecule has 1 fully saturated rings. The Balaban J connectivity index is 0.00000162. The summed E-state index contributed by atoms with van der Waals surface area (Å²) < 4.78 is 5.73. The SMILES string of the molecule is Cl.ClCc1ccc(OCCC2CCCCN2)cc1. The topological polar surface area (TPSA) is 21.3 Å². The second kappa shape index (κ2) is 8.63. The number of halogens is 2. The van der Waals surface area contributed by atoms with Gasteiger partial charge in [0.1, 0.15) is 5.75 Å². The second-order valence-electron chi connectivity index (χ2n) is 4.56. The van der Waals surface area contributed by atoms with Gasteiger partial charge in [-0.15, -0.1) is 24.0 Å². The predicted molar refractivity (Wildman–Crippen MR) is 79.0 cm³/mol. The van der Waals surface area contributed by atoms with Crippen LogP contribution < -0.4 is 10.1 Å². The lowest BCUT2D eigenvalue weighted by Crippen LogP contribution is -2.35. The number of piperidine rings is 1. The fraction of sp³-hybridized carbons (Fsp3) is 0.571. The molecular formula is C14H21Cl2NO. The molecule has 0 amide bonds. The maximum Gasteiger partial charge on any atom is 0.119 e. The standard InChI is InChI=1S/C14H20ClNO.ClH/c15-11-12-4-6-14(7-5-12)17-10-8-13-3-1-2-9-16-13;/h4-7,13,16H,1-3,8-11H2;1H. The zero-order valence-corrected chi connectivity index (χ0v) is 12.1. The van der Waals surface area contributed by atoms with Crippen LogP contribution >= 0.6 is 24.0 Å². The largest absolute Gasteiger partial charge is 0.494 e.